The molecule has 0 heterocycles. The van der Waals surface area contributed by atoms with Gasteiger partial charge in [-0.1, -0.05) is 18.2 Å². The van der Waals surface area contributed by atoms with Crippen molar-refractivity contribution in [3.8, 4) is 11.8 Å². The molecule has 0 bridgehead atoms. The Bertz CT molecular complexity index is 589. The lowest BCUT2D eigenvalue weighted by Gasteiger charge is -2.12. The van der Waals surface area contributed by atoms with Gasteiger partial charge in [0, 0.05) is 0 Å². The van der Waals surface area contributed by atoms with E-state index >= 15 is 0 Å². The van der Waals surface area contributed by atoms with Crippen LogP contribution in [0, 0.1) is 11.3 Å². The fourth-order valence-corrected chi connectivity index (χ4v) is 1.69. The number of nitrogens with zero attached hydrogens (tertiary/aromatic N) is 1. The van der Waals surface area contributed by atoms with Gasteiger partial charge in [-0.25, -0.2) is 0 Å². The highest BCUT2D eigenvalue weighted by Crippen LogP contribution is 2.25. The molecule has 0 saturated heterocycles. The molecule has 2 aromatic rings. The topological polar surface area (TPSA) is 84.5 Å². The van der Waals surface area contributed by atoms with Gasteiger partial charge in [0.25, 0.3) is 0 Å². The fourth-order valence-electron chi connectivity index (χ4n) is 1.69. The molecule has 2 aromatic carbocycles. The Hall–Kier alpha value is -2.09. The van der Waals surface area contributed by atoms with E-state index in [4.69, 9.17) is 5.26 Å². The van der Waals surface area contributed by atoms with Crippen molar-refractivity contribution in [1.29, 1.82) is 5.26 Å². The molecule has 2 unspecified atom stereocenters. The maximum Gasteiger partial charge on any atom is 0.170 e. The maximum absolute atomic E-state index is 9.68. The molecule has 0 aliphatic rings. The normalized spacial score (nSPS) is 14.2. The molecular weight excluding hydrogens is 218 g/mol. The Labute approximate surface area is 98.0 Å². The van der Waals surface area contributed by atoms with Crippen LogP contribution < -0.4 is 0 Å². The standard InChI is InChI=1S/C13H11NO3/c14-7-12(16)13(17)10-2-1-9-6-11(15)4-3-8(9)5-10/h1-6,12-13,15-17H. The molecule has 0 spiro atoms. The Balaban J connectivity index is 2.45. The Kier molecular flexibility index (Phi) is 2.96. The van der Waals surface area contributed by atoms with E-state index in [1.807, 2.05) is 0 Å². The van der Waals surface area contributed by atoms with Crippen molar-refractivity contribution in [2.24, 2.45) is 0 Å². The number of phenolic OH excluding ortho intramolecular Hbond substituents is 1. The molecule has 0 saturated carbocycles. The third-order valence-corrected chi connectivity index (χ3v) is 2.62. The van der Waals surface area contributed by atoms with Gasteiger partial charge < -0.3 is 15.3 Å². The van der Waals surface area contributed by atoms with Gasteiger partial charge in [-0.3, -0.25) is 0 Å². The van der Waals surface area contributed by atoms with Crippen LogP contribution in [0.4, 0.5) is 0 Å². The van der Waals surface area contributed by atoms with Gasteiger partial charge in [0.1, 0.15) is 11.9 Å². The Morgan fingerprint density at radius 3 is 2.35 bits per heavy atom. The first kappa shape index (κ1) is 11.4. The van der Waals surface area contributed by atoms with E-state index in [0.717, 1.165) is 10.8 Å². The van der Waals surface area contributed by atoms with Crippen LogP contribution in [0.15, 0.2) is 36.4 Å². The van der Waals surface area contributed by atoms with Crippen LogP contribution in [0.25, 0.3) is 10.8 Å². The van der Waals surface area contributed by atoms with Crippen LogP contribution in [0.1, 0.15) is 11.7 Å². The zero-order valence-electron chi connectivity index (χ0n) is 8.91. The first-order chi connectivity index (χ1) is 8.11. The molecule has 0 aliphatic carbocycles. The van der Waals surface area contributed by atoms with Crippen LogP contribution in [0.2, 0.25) is 0 Å². The second-order valence-electron chi connectivity index (χ2n) is 3.81. The second kappa shape index (κ2) is 4.42. The van der Waals surface area contributed by atoms with Crippen molar-refractivity contribution in [1.82, 2.24) is 0 Å². The number of hydrogen-bond donors (Lipinski definition) is 3. The van der Waals surface area contributed by atoms with Crippen molar-refractivity contribution in [3.05, 3.63) is 42.0 Å². The minimum atomic E-state index is -1.44. The lowest BCUT2D eigenvalue weighted by molar-refractivity contribution is 0.0529. The molecule has 0 aromatic heterocycles. The van der Waals surface area contributed by atoms with Crippen LogP contribution in [-0.2, 0) is 0 Å². The number of aliphatic hydroxyl groups excluding tert-OH is 2. The molecule has 2 rings (SSSR count). The third kappa shape index (κ3) is 2.21. The van der Waals surface area contributed by atoms with E-state index < -0.39 is 12.2 Å². The Morgan fingerprint density at radius 1 is 1.00 bits per heavy atom. The summed E-state index contributed by atoms with van der Waals surface area (Å²) in [6, 6.07) is 11.5. The number of nitriles is 1. The van der Waals surface area contributed by atoms with Gasteiger partial charge in [0.2, 0.25) is 0 Å². The maximum atomic E-state index is 9.68. The summed E-state index contributed by atoms with van der Waals surface area (Å²) < 4.78 is 0. The summed E-state index contributed by atoms with van der Waals surface area (Å²) in [5.41, 5.74) is 0.470. The average molecular weight is 229 g/mol. The van der Waals surface area contributed by atoms with Crippen LogP contribution >= 0.6 is 0 Å². The van der Waals surface area contributed by atoms with Crippen LogP contribution in [-0.4, -0.2) is 21.4 Å². The lowest BCUT2D eigenvalue weighted by atomic mass is 10.0. The number of fused-ring (bicyclic) bond motifs is 1. The molecule has 3 N–H and O–H groups in total. The summed E-state index contributed by atoms with van der Waals surface area (Å²) in [5.74, 6) is 0.169. The highest BCUT2D eigenvalue weighted by Gasteiger charge is 2.17. The molecule has 0 fully saturated rings. The van der Waals surface area contributed by atoms with E-state index in [9.17, 15) is 15.3 Å². The molecule has 17 heavy (non-hydrogen) atoms. The number of hydrogen-bond acceptors (Lipinski definition) is 4. The van der Waals surface area contributed by atoms with Gasteiger partial charge in [0.05, 0.1) is 6.07 Å². The summed E-state index contributed by atoms with van der Waals surface area (Å²) in [4.78, 5) is 0. The molecule has 2 atom stereocenters. The summed E-state index contributed by atoms with van der Waals surface area (Å²) in [6.45, 7) is 0. The molecule has 4 nitrogen and oxygen atoms in total. The first-order valence-electron chi connectivity index (χ1n) is 5.10. The minimum absolute atomic E-state index is 0.169. The SMILES string of the molecule is N#CC(O)C(O)c1ccc2cc(O)ccc2c1. The summed E-state index contributed by atoms with van der Waals surface area (Å²) >= 11 is 0. The van der Waals surface area contributed by atoms with Crippen molar-refractivity contribution < 1.29 is 15.3 Å². The first-order valence-corrected chi connectivity index (χ1v) is 5.10. The minimum Gasteiger partial charge on any atom is -0.508 e. The van der Waals surface area contributed by atoms with Crippen LogP contribution in [0.5, 0.6) is 5.75 Å². The van der Waals surface area contributed by atoms with Gasteiger partial charge in [-0.2, -0.15) is 5.26 Å². The fraction of sp³-hybridized carbons (Fsp3) is 0.154. The smallest absolute Gasteiger partial charge is 0.170 e. The summed E-state index contributed by atoms with van der Waals surface area (Å²) in [7, 11) is 0. The van der Waals surface area contributed by atoms with Gasteiger partial charge in [-0.05, 0) is 34.5 Å². The number of phenols is 1. The van der Waals surface area contributed by atoms with Crippen molar-refractivity contribution in [2.45, 2.75) is 12.2 Å². The number of rotatable bonds is 2. The van der Waals surface area contributed by atoms with Crippen molar-refractivity contribution >= 4 is 10.8 Å². The summed E-state index contributed by atoms with van der Waals surface area (Å²) in [6.07, 6.45) is -2.66. The van der Waals surface area contributed by atoms with Gasteiger partial charge >= 0.3 is 0 Å². The van der Waals surface area contributed by atoms with E-state index in [-0.39, 0.29) is 5.75 Å². The number of aromatic hydroxyl groups is 1. The molecule has 0 radical (unpaired) electrons. The zero-order valence-corrected chi connectivity index (χ0v) is 8.91. The van der Waals surface area contributed by atoms with E-state index in [2.05, 4.69) is 0 Å². The average Bonchev–Trinajstić information content (AvgIpc) is 2.36. The lowest BCUT2D eigenvalue weighted by Crippen LogP contribution is -2.15. The van der Waals surface area contributed by atoms with Gasteiger partial charge in [-0.15, -0.1) is 0 Å². The zero-order chi connectivity index (χ0) is 12.4. The molecule has 0 aliphatic heterocycles. The molecular formula is C13H11NO3. The van der Waals surface area contributed by atoms with E-state index in [0.29, 0.717) is 5.56 Å². The summed E-state index contributed by atoms with van der Waals surface area (Å²) in [5, 5.41) is 38.4. The second-order valence-corrected chi connectivity index (χ2v) is 3.81. The predicted octanol–water partition coefficient (Wildman–Crippen LogP) is 1.46. The number of benzene rings is 2. The number of aliphatic hydroxyl groups is 2. The van der Waals surface area contributed by atoms with E-state index in [1.165, 1.54) is 0 Å². The van der Waals surface area contributed by atoms with E-state index in [1.54, 1.807) is 42.5 Å². The third-order valence-electron chi connectivity index (χ3n) is 2.62. The van der Waals surface area contributed by atoms with Crippen molar-refractivity contribution in [3.63, 3.8) is 0 Å². The van der Waals surface area contributed by atoms with Gasteiger partial charge in [0.15, 0.2) is 6.10 Å². The molecule has 86 valence electrons. The highest BCUT2D eigenvalue weighted by molar-refractivity contribution is 5.84. The largest absolute Gasteiger partial charge is 0.508 e. The monoisotopic (exact) mass is 229 g/mol. The molecule has 0 amide bonds. The molecule has 4 heteroatoms. The predicted molar refractivity (Wildman–Crippen MR) is 62.2 cm³/mol. The Morgan fingerprint density at radius 2 is 1.65 bits per heavy atom. The van der Waals surface area contributed by atoms with Crippen molar-refractivity contribution in [2.75, 3.05) is 0 Å². The highest BCUT2D eigenvalue weighted by atomic mass is 16.3. The quantitative estimate of drug-likeness (QED) is 0.681. The van der Waals surface area contributed by atoms with Crippen LogP contribution in [0.3, 0.4) is 0 Å².